The van der Waals surface area contributed by atoms with E-state index in [9.17, 15) is 8.42 Å². The van der Waals surface area contributed by atoms with Crippen LogP contribution in [0.1, 0.15) is 12.8 Å². The van der Waals surface area contributed by atoms with Crippen LogP contribution in [0.15, 0.2) is 23.1 Å². The predicted molar refractivity (Wildman–Crippen MR) is 77.3 cm³/mol. The Kier molecular flexibility index (Phi) is 4.74. The summed E-state index contributed by atoms with van der Waals surface area (Å²) >= 11 is 11.7. The van der Waals surface area contributed by atoms with Crippen LogP contribution in [0, 0.1) is 0 Å². The van der Waals surface area contributed by atoms with Gasteiger partial charge < -0.3 is 5.32 Å². The summed E-state index contributed by atoms with van der Waals surface area (Å²) in [7, 11) is -1.68. The Bertz CT molecular complexity index is 563. The third-order valence-electron chi connectivity index (χ3n) is 3.26. The molecule has 0 aliphatic carbocycles. The molecule has 0 amide bonds. The van der Waals surface area contributed by atoms with Gasteiger partial charge in [-0.1, -0.05) is 23.2 Å². The van der Waals surface area contributed by atoms with Gasteiger partial charge in [0.15, 0.2) is 0 Å². The summed E-state index contributed by atoms with van der Waals surface area (Å²) < 4.78 is 26.7. The zero-order valence-corrected chi connectivity index (χ0v) is 12.9. The molecule has 1 aromatic rings. The maximum Gasteiger partial charge on any atom is 0.243 e. The van der Waals surface area contributed by atoms with Crippen molar-refractivity contribution in [2.24, 2.45) is 0 Å². The largest absolute Gasteiger partial charge is 0.318 e. The minimum absolute atomic E-state index is 0.00412. The quantitative estimate of drug-likeness (QED) is 0.925. The fraction of sp³-hybridized carbons (Fsp3) is 0.500. The number of rotatable bonds is 4. The first-order chi connectivity index (χ1) is 8.96. The Labute approximate surface area is 123 Å². The van der Waals surface area contributed by atoms with Crippen LogP contribution in [0.4, 0.5) is 0 Å². The molecule has 0 saturated carbocycles. The molecular weight excluding hydrogens is 307 g/mol. The van der Waals surface area contributed by atoms with E-state index in [2.05, 4.69) is 5.32 Å². The second kappa shape index (κ2) is 5.97. The Balaban J connectivity index is 2.33. The smallest absolute Gasteiger partial charge is 0.243 e. The third-order valence-corrected chi connectivity index (χ3v) is 5.95. The summed E-state index contributed by atoms with van der Waals surface area (Å²) in [6, 6.07) is 4.43. The average Bonchev–Trinajstić information content (AvgIpc) is 2.82. The molecule has 0 spiro atoms. The van der Waals surface area contributed by atoms with Gasteiger partial charge in [-0.25, -0.2) is 8.42 Å². The molecule has 2 rings (SSSR count). The zero-order valence-electron chi connectivity index (χ0n) is 10.6. The van der Waals surface area contributed by atoms with Gasteiger partial charge in [-0.3, -0.25) is 0 Å². The molecule has 1 N–H and O–H groups in total. The minimum Gasteiger partial charge on any atom is -0.318 e. The summed E-state index contributed by atoms with van der Waals surface area (Å²) in [4.78, 5) is 0.199. The fourth-order valence-electron chi connectivity index (χ4n) is 2.34. The molecule has 1 unspecified atom stereocenters. The lowest BCUT2D eigenvalue weighted by Crippen LogP contribution is -2.40. The number of benzene rings is 1. The first kappa shape index (κ1) is 15.1. The molecule has 1 aliphatic rings. The van der Waals surface area contributed by atoms with Crippen LogP contribution in [0.5, 0.6) is 0 Å². The van der Waals surface area contributed by atoms with Gasteiger partial charge in [-0.05, 0) is 38.1 Å². The van der Waals surface area contributed by atoms with Crippen molar-refractivity contribution in [3.63, 3.8) is 0 Å². The molecule has 4 nitrogen and oxygen atoms in total. The zero-order chi connectivity index (χ0) is 14.0. The van der Waals surface area contributed by atoms with Crippen molar-refractivity contribution in [1.82, 2.24) is 9.62 Å². The predicted octanol–water partition coefficient (Wildman–Crippen LogP) is 2.37. The summed E-state index contributed by atoms with van der Waals surface area (Å²) in [6.07, 6.45) is 1.76. The van der Waals surface area contributed by atoms with Gasteiger partial charge in [-0.15, -0.1) is 0 Å². The van der Waals surface area contributed by atoms with E-state index in [1.165, 1.54) is 18.2 Å². The summed E-state index contributed by atoms with van der Waals surface area (Å²) in [5.74, 6) is 0. The first-order valence-electron chi connectivity index (χ1n) is 6.08. The van der Waals surface area contributed by atoms with Crippen molar-refractivity contribution in [2.45, 2.75) is 23.8 Å². The molecular formula is C12H16Cl2N2O2S. The van der Waals surface area contributed by atoms with Crippen molar-refractivity contribution in [3.05, 3.63) is 28.2 Å². The Hall–Kier alpha value is -0.330. The topological polar surface area (TPSA) is 49.4 Å². The van der Waals surface area contributed by atoms with Gasteiger partial charge >= 0.3 is 0 Å². The normalized spacial score (nSPS) is 20.9. The number of likely N-dealkylation sites (N-methyl/N-ethyl adjacent to an activating group) is 1. The molecule has 1 aromatic carbocycles. The number of sulfonamides is 1. The maximum atomic E-state index is 12.6. The molecule has 0 bridgehead atoms. The molecule has 0 aromatic heterocycles. The van der Waals surface area contributed by atoms with Gasteiger partial charge in [0.2, 0.25) is 10.0 Å². The van der Waals surface area contributed by atoms with Gasteiger partial charge in [0.25, 0.3) is 0 Å². The monoisotopic (exact) mass is 322 g/mol. The van der Waals surface area contributed by atoms with Gasteiger partial charge in [-0.2, -0.15) is 4.31 Å². The highest BCUT2D eigenvalue weighted by molar-refractivity contribution is 7.89. The summed E-state index contributed by atoms with van der Waals surface area (Å²) in [6.45, 7) is 1.20. The highest BCUT2D eigenvalue weighted by atomic mass is 35.5. The van der Waals surface area contributed by atoms with E-state index in [1.807, 2.05) is 7.05 Å². The molecule has 106 valence electrons. The average molecular weight is 323 g/mol. The van der Waals surface area contributed by atoms with E-state index in [4.69, 9.17) is 23.2 Å². The first-order valence-corrected chi connectivity index (χ1v) is 8.28. The maximum absolute atomic E-state index is 12.6. The van der Waals surface area contributed by atoms with Crippen LogP contribution < -0.4 is 5.32 Å². The standard InChI is InChI=1S/C12H16Cl2N2O2S/c1-15-8-9-3-2-6-16(9)19(17,18)10-4-5-11(13)12(14)7-10/h4-5,7,9,15H,2-3,6,8H2,1H3. The van der Waals surface area contributed by atoms with E-state index < -0.39 is 10.0 Å². The van der Waals surface area contributed by atoms with Crippen LogP contribution in [0.3, 0.4) is 0 Å². The Morgan fingerprint density at radius 3 is 2.74 bits per heavy atom. The fourth-order valence-corrected chi connectivity index (χ4v) is 4.42. The van der Waals surface area contributed by atoms with Gasteiger partial charge in [0.05, 0.1) is 14.9 Å². The van der Waals surface area contributed by atoms with Crippen molar-refractivity contribution >= 4 is 33.2 Å². The highest BCUT2D eigenvalue weighted by Crippen LogP contribution is 2.30. The number of nitrogens with one attached hydrogen (secondary N) is 1. The van der Waals surface area contributed by atoms with Crippen LogP contribution in [-0.4, -0.2) is 38.9 Å². The second-order valence-corrected chi connectivity index (χ2v) is 7.25. The van der Waals surface area contributed by atoms with Crippen molar-refractivity contribution < 1.29 is 8.42 Å². The lowest BCUT2D eigenvalue weighted by Gasteiger charge is -2.24. The van der Waals surface area contributed by atoms with E-state index >= 15 is 0 Å². The van der Waals surface area contributed by atoms with Crippen molar-refractivity contribution in [1.29, 1.82) is 0 Å². The molecule has 1 heterocycles. The molecule has 1 fully saturated rings. The summed E-state index contributed by atoms with van der Waals surface area (Å²) in [5.41, 5.74) is 0. The van der Waals surface area contributed by atoms with Crippen LogP contribution in [0.25, 0.3) is 0 Å². The van der Waals surface area contributed by atoms with E-state index in [-0.39, 0.29) is 16.0 Å². The highest BCUT2D eigenvalue weighted by Gasteiger charge is 2.34. The lowest BCUT2D eigenvalue weighted by molar-refractivity contribution is 0.379. The van der Waals surface area contributed by atoms with Crippen LogP contribution >= 0.6 is 23.2 Å². The second-order valence-electron chi connectivity index (χ2n) is 4.55. The number of nitrogens with zero attached hydrogens (tertiary/aromatic N) is 1. The SMILES string of the molecule is CNCC1CCCN1S(=O)(=O)c1ccc(Cl)c(Cl)c1. The molecule has 7 heteroatoms. The summed E-state index contributed by atoms with van der Waals surface area (Å²) in [5, 5.41) is 3.64. The molecule has 0 radical (unpaired) electrons. The van der Waals surface area contributed by atoms with Crippen molar-refractivity contribution in [2.75, 3.05) is 20.1 Å². The molecule has 1 saturated heterocycles. The van der Waals surface area contributed by atoms with E-state index in [1.54, 1.807) is 4.31 Å². The van der Waals surface area contributed by atoms with Crippen LogP contribution in [-0.2, 0) is 10.0 Å². The lowest BCUT2D eigenvalue weighted by atomic mass is 10.2. The number of hydrogen-bond donors (Lipinski definition) is 1. The van der Waals surface area contributed by atoms with E-state index in [0.29, 0.717) is 18.1 Å². The van der Waals surface area contributed by atoms with Gasteiger partial charge in [0.1, 0.15) is 0 Å². The molecule has 19 heavy (non-hydrogen) atoms. The van der Waals surface area contributed by atoms with E-state index in [0.717, 1.165) is 12.8 Å². The van der Waals surface area contributed by atoms with Gasteiger partial charge in [0, 0.05) is 19.1 Å². The van der Waals surface area contributed by atoms with Crippen molar-refractivity contribution in [3.8, 4) is 0 Å². The number of halogens is 2. The molecule has 1 atom stereocenters. The van der Waals surface area contributed by atoms with Crippen LogP contribution in [0.2, 0.25) is 10.0 Å². The molecule has 1 aliphatic heterocycles. The third kappa shape index (κ3) is 3.06. The Morgan fingerprint density at radius 2 is 2.11 bits per heavy atom. The minimum atomic E-state index is -3.50. The Morgan fingerprint density at radius 1 is 1.37 bits per heavy atom. The number of hydrogen-bond acceptors (Lipinski definition) is 3.